The van der Waals surface area contributed by atoms with Crippen LogP contribution in [0.4, 0.5) is 5.69 Å². The summed E-state index contributed by atoms with van der Waals surface area (Å²) in [4.78, 5) is 1.07. The smallest absolute Gasteiger partial charge is 0.162 e. The van der Waals surface area contributed by atoms with Gasteiger partial charge in [-0.2, -0.15) is 0 Å². The van der Waals surface area contributed by atoms with E-state index in [0.717, 1.165) is 22.0 Å². The van der Waals surface area contributed by atoms with Crippen LogP contribution in [0.25, 0.3) is 0 Å². The lowest BCUT2D eigenvalue weighted by Gasteiger charge is -2.18. The number of thioether (sulfide) groups is 1. The summed E-state index contributed by atoms with van der Waals surface area (Å²) in [5.74, 6) is 2.48. The number of anilines is 1. The van der Waals surface area contributed by atoms with E-state index in [-0.39, 0.29) is 5.75 Å². The van der Waals surface area contributed by atoms with Crippen molar-refractivity contribution < 1.29 is 14.6 Å². The fourth-order valence-corrected chi connectivity index (χ4v) is 2.90. The van der Waals surface area contributed by atoms with Gasteiger partial charge in [0.1, 0.15) is 19.0 Å². The van der Waals surface area contributed by atoms with Gasteiger partial charge < -0.3 is 20.3 Å². The number of benzene rings is 2. The summed E-state index contributed by atoms with van der Waals surface area (Å²) in [7, 11) is 0. The fraction of sp³-hybridized carbons (Fsp3) is 0.200. The van der Waals surface area contributed by atoms with Crippen molar-refractivity contribution in [1.29, 1.82) is 0 Å². The molecule has 20 heavy (non-hydrogen) atoms. The van der Waals surface area contributed by atoms with E-state index >= 15 is 0 Å². The number of rotatable bonds is 3. The number of nitrogen functional groups attached to an aromatic ring is 1. The first-order valence-electron chi connectivity index (χ1n) is 6.32. The van der Waals surface area contributed by atoms with Crippen LogP contribution in [0, 0.1) is 0 Å². The molecule has 0 aromatic heterocycles. The van der Waals surface area contributed by atoms with Gasteiger partial charge in [0.25, 0.3) is 0 Å². The molecule has 1 heterocycles. The maximum absolute atomic E-state index is 9.79. The Hall–Kier alpha value is -2.01. The standard InChI is InChI=1S/C15H15NO3S/c16-11-1-3-13(17)10(7-11)9-20-12-2-4-14-15(8-12)19-6-5-18-14/h1-4,7-8,17H,5-6,9,16H2. The van der Waals surface area contributed by atoms with Crippen LogP contribution in [-0.4, -0.2) is 18.3 Å². The van der Waals surface area contributed by atoms with Gasteiger partial charge in [-0.05, 0) is 36.4 Å². The maximum Gasteiger partial charge on any atom is 0.162 e. The van der Waals surface area contributed by atoms with Crippen molar-refractivity contribution in [3.05, 3.63) is 42.0 Å². The Balaban J connectivity index is 1.73. The largest absolute Gasteiger partial charge is 0.508 e. The molecular weight excluding hydrogens is 274 g/mol. The molecule has 0 unspecified atom stereocenters. The molecule has 0 aliphatic carbocycles. The van der Waals surface area contributed by atoms with Gasteiger partial charge in [-0.3, -0.25) is 0 Å². The number of fused-ring (bicyclic) bond motifs is 1. The van der Waals surface area contributed by atoms with E-state index in [9.17, 15) is 5.11 Å². The average Bonchev–Trinajstić information content (AvgIpc) is 2.48. The molecule has 1 aliphatic heterocycles. The molecule has 2 aromatic carbocycles. The quantitative estimate of drug-likeness (QED) is 0.516. The van der Waals surface area contributed by atoms with E-state index in [2.05, 4.69) is 0 Å². The molecule has 0 bridgehead atoms. The molecule has 3 N–H and O–H groups in total. The van der Waals surface area contributed by atoms with E-state index < -0.39 is 0 Å². The monoisotopic (exact) mass is 289 g/mol. The van der Waals surface area contributed by atoms with Crippen molar-refractivity contribution in [2.75, 3.05) is 18.9 Å². The SMILES string of the molecule is Nc1ccc(O)c(CSc2ccc3c(c2)OCCO3)c1. The maximum atomic E-state index is 9.79. The normalized spacial score (nSPS) is 13.2. The lowest BCUT2D eigenvalue weighted by Crippen LogP contribution is -2.15. The highest BCUT2D eigenvalue weighted by molar-refractivity contribution is 7.98. The van der Waals surface area contributed by atoms with Crippen molar-refractivity contribution in [3.63, 3.8) is 0 Å². The van der Waals surface area contributed by atoms with Gasteiger partial charge in [-0.15, -0.1) is 11.8 Å². The second kappa shape index (κ2) is 5.54. The van der Waals surface area contributed by atoms with E-state index in [0.29, 0.717) is 24.7 Å². The molecule has 4 nitrogen and oxygen atoms in total. The number of phenolic OH excluding ortho intramolecular Hbond substituents is 1. The van der Waals surface area contributed by atoms with Crippen LogP contribution in [-0.2, 0) is 5.75 Å². The second-order valence-electron chi connectivity index (χ2n) is 4.48. The first kappa shape index (κ1) is 13.0. The van der Waals surface area contributed by atoms with Crippen LogP contribution in [0.1, 0.15) is 5.56 Å². The van der Waals surface area contributed by atoms with Crippen LogP contribution in [0.5, 0.6) is 17.2 Å². The first-order valence-corrected chi connectivity index (χ1v) is 7.31. The number of hydrogen-bond acceptors (Lipinski definition) is 5. The lowest BCUT2D eigenvalue weighted by molar-refractivity contribution is 0.171. The summed E-state index contributed by atoms with van der Waals surface area (Å²) in [6, 6.07) is 11.0. The second-order valence-corrected chi connectivity index (χ2v) is 5.53. The molecule has 3 rings (SSSR count). The highest BCUT2D eigenvalue weighted by Crippen LogP contribution is 2.36. The van der Waals surface area contributed by atoms with Gasteiger partial charge in [0, 0.05) is 21.9 Å². The number of nitrogens with two attached hydrogens (primary N) is 1. The van der Waals surface area contributed by atoms with Crippen molar-refractivity contribution in [3.8, 4) is 17.2 Å². The van der Waals surface area contributed by atoms with Crippen LogP contribution >= 0.6 is 11.8 Å². The zero-order chi connectivity index (χ0) is 13.9. The summed E-state index contributed by atoms with van der Waals surface area (Å²) < 4.78 is 11.0. The molecule has 0 amide bonds. The third kappa shape index (κ3) is 2.77. The summed E-state index contributed by atoms with van der Waals surface area (Å²) in [6.07, 6.45) is 0. The summed E-state index contributed by atoms with van der Waals surface area (Å²) in [5.41, 5.74) is 7.21. The third-order valence-electron chi connectivity index (χ3n) is 3.01. The minimum atomic E-state index is 0.268. The van der Waals surface area contributed by atoms with Crippen molar-refractivity contribution in [2.24, 2.45) is 0 Å². The fourth-order valence-electron chi connectivity index (χ4n) is 2.00. The number of phenols is 1. The number of aromatic hydroxyl groups is 1. The third-order valence-corrected chi connectivity index (χ3v) is 4.05. The molecule has 0 saturated heterocycles. The van der Waals surface area contributed by atoms with Crippen LogP contribution in [0.3, 0.4) is 0 Å². The Morgan fingerprint density at radius 2 is 1.85 bits per heavy atom. The Morgan fingerprint density at radius 3 is 2.70 bits per heavy atom. The van der Waals surface area contributed by atoms with Crippen molar-refractivity contribution in [2.45, 2.75) is 10.6 Å². The summed E-state index contributed by atoms with van der Waals surface area (Å²) >= 11 is 1.62. The average molecular weight is 289 g/mol. The highest BCUT2D eigenvalue weighted by Gasteiger charge is 2.12. The van der Waals surface area contributed by atoms with Crippen molar-refractivity contribution in [1.82, 2.24) is 0 Å². The molecule has 0 fully saturated rings. The minimum absolute atomic E-state index is 0.268. The van der Waals surface area contributed by atoms with Crippen LogP contribution < -0.4 is 15.2 Å². The molecule has 0 radical (unpaired) electrons. The van der Waals surface area contributed by atoms with Gasteiger partial charge in [0.2, 0.25) is 0 Å². The van der Waals surface area contributed by atoms with Gasteiger partial charge >= 0.3 is 0 Å². The molecular formula is C15H15NO3S. The first-order chi connectivity index (χ1) is 9.72. The lowest BCUT2D eigenvalue weighted by atomic mass is 10.2. The van der Waals surface area contributed by atoms with Crippen LogP contribution in [0.2, 0.25) is 0 Å². The summed E-state index contributed by atoms with van der Waals surface area (Å²) in [6.45, 7) is 1.17. The highest BCUT2D eigenvalue weighted by atomic mass is 32.2. The number of hydrogen-bond donors (Lipinski definition) is 2. The van der Waals surface area contributed by atoms with E-state index in [4.69, 9.17) is 15.2 Å². The minimum Gasteiger partial charge on any atom is -0.508 e. The predicted molar refractivity (Wildman–Crippen MR) is 79.5 cm³/mol. The molecule has 2 aromatic rings. The summed E-state index contributed by atoms with van der Waals surface area (Å²) in [5, 5.41) is 9.79. The molecule has 1 aliphatic rings. The molecule has 0 saturated carbocycles. The van der Waals surface area contributed by atoms with Gasteiger partial charge in [-0.1, -0.05) is 0 Å². The Labute approximate surface area is 121 Å². The number of ether oxygens (including phenoxy) is 2. The van der Waals surface area contributed by atoms with Gasteiger partial charge in [0.05, 0.1) is 0 Å². The van der Waals surface area contributed by atoms with E-state index in [1.165, 1.54) is 0 Å². The predicted octanol–water partition coefficient (Wildman–Crippen LogP) is 3.04. The Kier molecular flexibility index (Phi) is 3.60. The zero-order valence-electron chi connectivity index (χ0n) is 10.8. The molecule has 0 spiro atoms. The topological polar surface area (TPSA) is 64.7 Å². The van der Waals surface area contributed by atoms with E-state index in [1.807, 2.05) is 18.2 Å². The molecule has 104 valence electrons. The van der Waals surface area contributed by atoms with E-state index in [1.54, 1.807) is 30.0 Å². The zero-order valence-corrected chi connectivity index (χ0v) is 11.7. The van der Waals surface area contributed by atoms with Gasteiger partial charge in [0.15, 0.2) is 11.5 Å². The Morgan fingerprint density at radius 1 is 1.05 bits per heavy atom. The molecule has 0 atom stereocenters. The molecule has 5 heteroatoms. The Bertz CT molecular complexity index is 631. The van der Waals surface area contributed by atoms with Gasteiger partial charge in [-0.25, -0.2) is 0 Å². The van der Waals surface area contributed by atoms with Crippen LogP contribution in [0.15, 0.2) is 41.3 Å². The van der Waals surface area contributed by atoms with Crippen molar-refractivity contribution >= 4 is 17.4 Å².